The van der Waals surface area contributed by atoms with Crippen molar-refractivity contribution in [3.8, 4) is 0 Å². The van der Waals surface area contributed by atoms with Crippen molar-refractivity contribution in [1.82, 2.24) is 15.2 Å². The highest BCUT2D eigenvalue weighted by molar-refractivity contribution is 7.99. The smallest absolute Gasteiger partial charge is 0.417 e. The van der Waals surface area contributed by atoms with Crippen LogP contribution in [-0.2, 0) is 17.4 Å². The lowest BCUT2D eigenvalue weighted by atomic mass is 10.1. The van der Waals surface area contributed by atoms with Crippen molar-refractivity contribution in [2.45, 2.75) is 22.6 Å². The lowest BCUT2D eigenvalue weighted by molar-refractivity contribution is -0.139. The summed E-state index contributed by atoms with van der Waals surface area (Å²) in [5, 5.41) is 5.97. The van der Waals surface area contributed by atoms with Gasteiger partial charge in [-0.25, -0.2) is 4.98 Å². The van der Waals surface area contributed by atoms with E-state index in [9.17, 15) is 22.8 Å². The Kier molecular flexibility index (Phi) is 4.94. The van der Waals surface area contributed by atoms with E-state index in [0.717, 1.165) is 24.2 Å². The summed E-state index contributed by atoms with van der Waals surface area (Å²) < 4.78 is 44.5. The van der Waals surface area contributed by atoms with Crippen LogP contribution in [0.15, 0.2) is 57.3 Å². The summed E-state index contributed by atoms with van der Waals surface area (Å²) in [7, 11) is 0. The number of nitrogens with one attached hydrogen (secondary N) is 1. The third-order valence-corrected chi connectivity index (χ3v) is 4.44. The van der Waals surface area contributed by atoms with Gasteiger partial charge in [0, 0.05) is 16.9 Å². The molecule has 0 aliphatic rings. The van der Waals surface area contributed by atoms with Crippen LogP contribution < -0.4 is 0 Å². The van der Waals surface area contributed by atoms with Gasteiger partial charge in [-0.3, -0.25) is 14.7 Å². The maximum atomic E-state index is 13.1. The predicted octanol–water partition coefficient (Wildman–Crippen LogP) is 3.56. The van der Waals surface area contributed by atoms with E-state index in [0.29, 0.717) is 5.56 Å². The molecule has 2 aromatic heterocycles. The molecule has 1 aromatic carbocycles. The Labute approximate surface area is 148 Å². The Bertz CT molecular complexity index is 936. The first-order valence-corrected chi connectivity index (χ1v) is 8.01. The molecule has 2 heterocycles. The van der Waals surface area contributed by atoms with Crippen molar-refractivity contribution in [3.05, 3.63) is 59.9 Å². The van der Waals surface area contributed by atoms with Gasteiger partial charge >= 0.3 is 6.18 Å². The van der Waals surface area contributed by atoms with Crippen LogP contribution >= 0.6 is 11.8 Å². The first kappa shape index (κ1) is 17.9. The summed E-state index contributed by atoms with van der Waals surface area (Å²) in [5.74, 6) is -1.95. The molecule has 0 amide bonds. The zero-order valence-corrected chi connectivity index (χ0v) is 13.7. The maximum Gasteiger partial charge on any atom is 0.417 e. The molecular formula is C16H10F3N3O3S. The summed E-state index contributed by atoms with van der Waals surface area (Å²) in [5.41, 5.74) is -0.503. The number of nitrogens with zero attached hydrogens (tertiary/aromatic N) is 2. The van der Waals surface area contributed by atoms with Crippen LogP contribution in [0, 0.1) is 0 Å². The minimum Gasteiger partial charge on any atom is -0.457 e. The molecule has 0 spiro atoms. The molecule has 0 saturated carbocycles. The van der Waals surface area contributed by atoms with Crippen LogP contribution in [0.2, 0.25) is 0 Å². The number of furan rings is 1. The van der Waals surface area contributed by atoms with E-state index in [1.807, 2.05) is 0 Å². The normalized spacial score (nSPS) is 11.5. The molecule has 0 aliphatic carbocycles. The van der Waals surface area contributed by atoms with Crippen molar-refractivity contribution < 1.29 is 27.2 Å². The van der Waals surface area contributed by atoms with E-state index in [1.54, 1.807) is 0 Å². The standard InChI is InChI=1S/C16H10F3N3O3S/c17-16(18,19)10-3-1-2-4-12(10)26-15-9(5-6-25-15)7-11(23)13(24)14-20-8-21-22-14/h1-6,8H,7H2,(H,20,21,22). The van der Waals surface area contributed by atoms with E-state index < -0.39 is 23.3 Å². The Morgan fingerprint density at radius 3 is 2.65 bits per heavy atom. The molecule has 0 fully saturated rings. The van der Waals surface area contributed by atoms with Crippen molar-refractivity contribution >= 4 is 23.3 Å². The zero-order valence-electron chi connectivity index (χ0n) is 12.9. The predicted molar refractivity (Wildman–Crippen MR) is 83.7 cm³/mol. The second-order valence-corrected chi connectivity index (χ2v) is 6.10. The molecule has 0 aliphatic heterocycles. The number of hydrogen-bond donors (Lipinski definition) is 1. The van der Waals surface area contributed by atoms with Gasteiger partial charge in [-0.1, -0.05) is 23.9 Å². The van der Waals surface area contributed by atoms with Gasteiger partial charge in [-0.05, 0) is 18.2 Å². The minimum absolute atomic E-state index is 0.0658. The quantitative estimate of drug-likeness (QED) is 0.519. The molecule has 134 valence electrons. The number of aromatic amines is 1. The molecule has 26 heavy (non-hydrogen) atoms. The Morgan fingerprint density at radius 2 is 1.96 bits per heavy atom. The van der Waals surface area contributed by atoms with Gasteiger partial charge in [0.2, 0.25) is 11.6 Å². The fourth-order valence-corrected chi connectivity index (χ4v) is 3.14. The number of aromatic nitrogens is 3. The van der Waals surface area contributed by atoms with Crippen molar-refractivity contribution in [1.29, 1.82) is 0 Å². The molecule has 0 radical (unpaired) electrons. The van der Waals surface area contributed by atoms with E-state index in [4.69, 9.17) is 4.42 Å². The third kappa shape index (κ3) is 3.85. The second kappa shape index (κ2) is 7.16. The molecule has 0 atom stereocenters. The number of carbonyl (C=O) groups is 2. The van der Waals surface area contributed by atoms with Crippen molar-refractivity contribution in [2.75, 3.05) is 0 Å². The molecule has 6 nitrogen and oxygen atoms in total. The van der Waals surface area contributed by atoms with Crippen LogP contribution in [-0.4, -0.2) is 26.7 Å². The first-order chi connectivity index (χ1) is 12.4. The Morgan fingerprint density at radius 1 is 1.19 bits per heavy atom. The van der Waals surface area contributed by atoms with Crippen LogP contribution in [0.3, 0.4) is 0 Å². The molecule has 10 heteroatoms. The third-order valence-electron chi connectivity index (χ3n) is 3.32. The average molecular weight is 381 g/mol. The van der Waals surface area contributed by atoms with Gasteiger partial charge in [0.05, 0.1) is 11.8 Å². The fourth-order valence-electron chi connectivity index (χ4n) is 2.13. The maximum absolute atomic E-state index is 13.1. The monoisotopic (exact) mass is 381 g/mol. The number of alkyl halides is 3. The second-order valence-electron chi connectivity index (χ2n) is 5.08. The van der Waals surface area contributed by atoms with Crippen molar-refractivity contribution in [2.24, 2.45) is 0 Å². The highest BCUT2D eigenvalue weighted by atomic mass is 32.2. The number of carbonyl (C=O) groups excluding carboxylic acids is 2. The summed E-state index contributed by atoms with van der Waals surface area (Å²) >= 11 is 0.738. The molecule has 3 aromatic rings. The van der Waals surface area contributed by atoms with Crippen LogP contribution in [0.25, 0.3) is 0 Å². The molecular weight excluding hydrogens is 371 g/mol. The summed E-state index contributed by atoms with van der Waals surface area (Å²) in [6.07, 6.45) is -2.44. The fraction of sp³-hybridized carbons (Fsp3) is 0.125. The van der Waals surface area contributed by atoms with E-state index in [-0.39, 0.29) is 22.2 Å². The highest BCUT2D eigenvalue weighted by Gasteiger charge is 2.34. The van der Waals surface area contributed by atoms with Crippen molar-refractivity contribution in [3.63, 3.8) is 0 Å². The van der Waals surface area contributed by atoms with Crippen LogP contribution in [0.4, 0.5) is 13.2 Å². The Hall–Kier alpha value is -2.88. The number of H-pyrrole nitrogens is 1. The van der Waals surface area contributed by atoms with Gasteiger partial charge in [-0.15, -0.1) is 5.10 Å². The van der Waals surface area contributed by atoms with E-state index in [1.165, 1.54) is 30.5 Å². The number of benzene rings is 1. The summed E-state index contributed by atoms with van der Waals surface area (Å²) in [6, 6.07) is 6.46. The summed E-state index contributed by atoms with van der Waals surface area (Å²) in [4.78, 5) is 27.5. The largest absolute Gasteiger partial charge is 0.457 e. The molecule has 0 bridgehead atoms. The number of rotatable bonds is 6. The minimum atomic E-state index is -4.52. The molecule has 0 saturated heterocycles. The van der Waals surface area contributed by atoms with Gasteiger partial charge in [0.1, 0.15) is 6.33 Å². The SMILES string of the molecule is O=C(Cc1ccoc1Sc1ccccc1C(F)(F)F)C(=O)c1nc[nH]n1. The molecule has 0 unspecified atom stereocenters. The lowest BCUT2D eigenvalue weighted by Gasteiger charge is -2.11. The summed E-state index contributed by atoms with van der Waals surface area (Å²) in [6.45, 7) is 0. The first-order valence-electron chi connectivity index (χ1n) is 7.20. The van der Waals surface area contributed by atoms with Gasteiger partial charge < -0.3 is 4.42 Å². The topological polar surface area (TPSA) is 88.9 Å². The van der Waals surface area contributed by atoms with Crippen LogP contribution in [0.1, 0.15) is 21.7 Å². The van der Waals surface area contributed by atoms with E-state index >= 15 is 0 Å². The van der Waals surface area contributed by atoms with Gasteiger partial charge in [-0.2, -0.15) is 13.2 Å². The number of hydrogen-bond acceptors (Lipinski definition) is 6. The number of ketones is 2. The number of Topliss-reactive ketones (excluding diaryl/α,β-unsaturated/α-hetero) is 2. The van der Waals surface area contributed by atoms with E-state index in [2.05, 4.69) is 15.2 Å². The van der Waals surface area contributed by atoms with Gasteiger partial charge in [0.15, 0.2) is 5.09 Å². The average Bonchev–Trinajstić information content (AvgIpc) is 3.26. The van der Waals surface area contributed by atoms with Gasteiger partial charge in [0.25, 0.3) is 5.78 Å². The lowest BCUT2D eigenvalue weighted by Crippen LogP contribution is -2.18. The Balaban J connectivity index is 1.80. The molecule has 3 rings (SSSR count). The highest BCUT2D eigenvalue weighted by Crippen LogP contribution is 2.40. The van der Waals surface area contributed by atoms with Crippen LogP contribution in [0.5, 0.6) is 0 Å². The molecule has 1 N–H and O–H groups in total. The zero-order chi connectivity index (χ0) is 18.7. The number of halogens is 3.